The maximum atomic E-state index is 5.74. The van der Waals surface area contributed by atoms with Crippen LogP contribution in [-0.4, -0.2) is 16.6 Å². The van der Waals surface area contributed by atoms with Gasteiger partial charge >= 0.3 is 0 Å². The summed E-state index contributed by atoms with van der Waals surface area (Å²) in [7, 11) is 0. The van der Waals surface area contributed by atoms with Crippen LogP contribution in [0.1, 0.15) is 19.8 Å². The van der Waals surface area contributed by atoms with E-state index < -0.39 is 0 Å². The van der Waals surface area contributed by atoms with Crippen molar-refractivity contribution in [1.29, 1.82) is 0 Å². The summed E-state index contributed by atoms with van der Waals surface area (Å²) in [5.74, 6) is 1.12. The topological polar surface area (TPSA) is 0 Å². The van der Waals surface area contributed by atoms with E-state index in [9.17, 15) is 0 Å². The van der Waals surface area contributed by atoms with Gasteiger partial charge in [-0.2, -0.15) is 0 Å². The maximum absolute atomic E-state index is 5.74. The van der Waals surface area contributed by atoms with Gasteiger partial charge < -0.3 is 0 Å². The van der Waals surface area contributed by atoms with E-state index in [1.807, 2.05) is 13.0 Å². The Bertz CT molecular complexity index is 187. The monoisotopic (exact) mass is 284 g/mol. The lowest BCUT2D eigenvalue weighted by atomic mass is 10.1. The maximum Gasteiger partial charge on any atom is 0.0433 e. The smallest absolute Gasteiger partial charge is 0.0433 e. The molecule has 0 aromatic rings. The van der Waals surface area contributed by atoms with E-state index in [1.54, 1.807) is 0 Å². The molecule has 0 amide bonds. The second kappa shape index (κ2) is 7.90. The van der Waals surface area contributed by atoms with E-state index in [2.05, 4.69) is 22.5 Å². The number of hydrogen-bond acceptors (Lipinski definition) is 0. The van der Waals surface area contributed by atoms with Gasteiger partial charge in [-0.3, -0.25) is 0 Å². The fourth-order valence-electron chi connectivity index (χ4n) is 0.891. The van der Waals surface area contributed by atoms with Crippen LogP contribution in [0.5, 0.6) is 0 Å². The Morgan fingerprint density at radius 3 is 2.54 bits per heavy atom. The number of hydrogen-bond donors (Lipinski definition) is 0. The van der Waals surface area contributed by atoms with Crippen molar-refractivity contribution in [2.45, 2.75) is 24.6 Å². The molecule has 0 N–H and O–H groups in total. The molecule has 0 aliphatic carbocycles. The lowest BCUT2D eigenvalue weighted by Gasteiger charge is -2.09. The fraction of sp³-hybridized carbons (Fsp3) is 0.600. The van der Waals surface area contributed by atoms with Crippen LogP contribution in [0.25, 0.3) is 0 Å². The molecule has 0 saturated heterocycles. The molecule has 0 bridgehead atoms. The highest BCUT2D eigenvalue weighted by atomic mass is 79.9. The van der Waals surface area contributed by atoms with Crippen LogP contribution in [-0.2, 0) is 0 Å². The van der Waals surface area contributed by atoms with E-state index in [0.29, 0.717) is 16.6 Å². The van der Waals surface area contributed by atoms with Crippen LogP contribution >= 0.6 is 39.1 Å². The molecule has 0 aliphatic heterocycles. The van der Waals surface area contributed by atoms with Gasteiger partial charge in [-0.1, -0.05) is 39.7 Å². The van der Waals surface area contributed by atoms with Crippen molar-refractivity contribution in [2.75, 3.05) is 11.8 Å². The van der Waals surface area contributed by atoms with Crippen molar-refractivity contribution in [3.8, 4) is 0 Å². The summed E-state index contributed by atoms with van der Waals surface area (Å²) in [4.78, 5) is 0.384. The predicted octanol–water partition coefficient (Wildman–Crippen LogP) is 4.51. The number of rotatable bonds is 6. The summed E-state index contributed by atoms with van der Waals surface area (Å²) in [6, 6.07) is 0. The van der Waals surface area contributed by atoms with E-state index in [0.717, 1.165) is 18.4 Å². The van der Waals surface area contributed by atoms with Crippen LogP contribution in [0, 0.1) is 0 Å². The summed E-state index contributed by atoms with van der Waals surface area (Å²) in [5, 5.41) is 0. The zero-order valence-electron chi connectivity index (χ0n) is 7.82. The third-order valence-corrected chi connectivity index (χ3v) is 3.53. The number of halogens is 3. The summed E-state index contributed by atoms with van der Waals surface area (Å²) in [5.41, 5.74) is 2.36. The van der Waals surface area contributed by atoms with Crippen LogP contribution in [0.3, 0.4) is 0 Å². The van der Waals surface area contributed by atoms with Crippen molar-refractivity contribution < 1.29 is 0 Å². The van der Waals surface area contributed by atoms with E-state index in [-0.39, 0.29) is 0 Å². The summed E-state index contributed by atoms with van der Waals surface area (Å²) in [6.45, 7) is 5.90. The molecule has 13 heavy (non-hydrogen) atoms. The van der Waals surface area contributed by atoms with Gasteiger partial charge in [0.25, 0.3) is 0 Å². The SMILES string of the molecule is C=C(C)C(Br)CCC(=CCCl)CCl. The average molecular weight is 286 g/mol. The van der Waals surface area contributed by atoms with Gasteiger partial charge in [-0.25, -0.2) is 0 Å². The molecule has 0 aliphatic rings. The summed E-state index contributed by atoms with van der Waals surface area (Å²) < 4.78 is 0. The second-order valence-corrected chi connectivity index (χ2v) is 4.68. The highest BCUT2D eigenvalue weighted by Gasteiger charge is 2.05. The van der Waals surface area contributed by atoms with E-state index in [4.69, 9.17) is 23.2 Å². The van der Waals surface area contributed by atoms with E-state index >= 15 is 0 Å². The first-order valence-electron chi connectivity index (χ1n) is 4.21. The molecule has 3 heteroatoms. The quantitative estimate of drug-likeness (QED) is 0.498. The molecule has 0 saturated carbocycles. The lowest BCUT2D eigenvalue weighted by Crippen LogP contribution is -2.00. The van der Waals surface area contributed by atoms with Crippen LogP contribution in [0.4, 0.5) is 0 Å². The van der Waals surface area contributed by atoms with Gasteiger partial charge in [0.2, 0.25) is 0 Å². The Balaban J connectivity index is 3.85. The number of alkyl halides is 3. The van der Waals surface area contributed by atoms with Gasteiger partial charge in [0, 0.05) is 16.6 Å². The molecule has 0 aromatic heterocycles. The third kappa shape index (κ3) is 6.59. The molecule has 1 atom stereocenters. The molecule has 1 unspecified atom stereocenters. The lowest BCUT2D eigenvalue weighted by molar-refractivity contribution is 0.829. The Morgan fingerprint density at radius 2 is 2.15 bits per heavy atom. The largest absolute Gasteiger partial charge is 0.122 e. The van der Waals surface area contributed by atoms with Crippen molar-refractivity contribution in [1.82, 2.24) is 0 Å². The Kier molecular flexibility index (Phi) is 8.23. The van der Waals surface area contributed by atoms with Crippen molar-refractivity contribution >= 4 is 39.1 Å². The summed E-state index contributed by atoms with van der Waals surface area (Å²) in [6.07, 6.45) is 4.00. The minimum atomic E-state index is 0.384. The van der Waals surface area contributed by atoms with Crippen molar-refractivity contribution in [3.63, 3.8) is 0 Å². The van der Waals surface area contributed by atoms with Crippen LogP contribution < -0.4 is 0 Å². The molecule has 0 nitrogen and oxygen atoms in total. The normalized spacial score (nSPS) is 14.3. The van der Waals surface area contributed by atoms with Gasteiger partial charge in [0.05, 0.1) is 0 Å². The van der Waals surface area contributed by atoms with Crippen LogP contribution in [0.15, 0.2) is 23.8 Å². The average Bonchev–Trinajstić information content (AvgIpc) is 2.11. The molecular weight excluding hydrogens is 271 g/mol. The minimum absolute atomic E-state index is 0.384. The van der Waals surface area contributed by atoms with E-state index in [1.165, 1.54) is 5.57 Å². The molecule has 0 rings (SSSR count). The molecule has 0 aromatic carbocycles. The Labute approximate surface area is 99.1 Å². The van der Waals surface area contributed by atoms with Gasteiger partial charge in [-0.15, -0.1) is 23.2 Å². The van der Waals surface area contributed by atoms with Gasteiger partial charge in [0.15, 0.2) is 0 Å². The van der Waals surface area contributed by atoms with Gasteiger partial charge in [-0.05, 0) is 19.8 Å². The predicted molar refractivity (Wildman–Crippen MR) is 66.3 cm³/mol. The van der Waals surface area contributed by atoms with Crippen LogP contribution in [0.2, 0.25) is 0 Å². The first-order valence-corrected chi connectivity index (χ1v) is 6.19. The Morgan fingerprint density at radius 1 is 1.54 bits per heavy atom. The van der Waals surface area contributed by atoms with Crippen molar-refractivity contribution in [3.05, 3.63) is 23.8 Å². The Hall–Kier alpha value is 0.540. The molecule has 0 radical (unpaired) electrons. The number of allylic oxidation sites excluding steroid dienone is 3. The molecule has 0 spiro atoms. The highest BCUT2D eigenvalue weighted by Crippen LogP contribution is 2.19. The summed E-state index contributed by atoms with van der Waals surface area (Å²) >= 11 is 14.9. The zero-order chi connectivity index (χ0) is 10.3. The molecular formula is C10H15BrCl2. The standard InChI is InChI=1S/C10H15BrCl2/c1-8(2)10(11)4-3-9(7-13)5-6-12/h5,10H,1,3-4,6-7H2,2H3. The fourth-order valence-corrected chi connectivity index (χ4v) is 1.58. The highest BCUT2D eigenvalue weighted by molar-refractivity contribution is 9.09. The molecule has 76 valence electrons. The first-order chi connectivity index (χ1) is 6.11. The van der Waals surface area contributed by atoms with Crippen molar-refractivity contribution in [2.24, 2.45) is 0 Å². The van der Waals surface area contributed by atoms with Gasteiger partial charge in [0.1, 0.15) is 0 Å². The third-order valence-electron chi connectivity index (χ3n) is 1.79. The molecule has 0 heterocycles. The minimum Gasteiger partial charge on any atom is -0.122 e. The zero-order valence-corrected chi connectivity index (χ0v) is 10.9. The first kappa shape index (κ1) is 13.5. The second-order valence-electron chi connectivity index (χ2n) is 3.00. The molecule has 0 fully saturated rings.